The fraction of sp³-hybridized carbons (Fsp3) is 0.727. The summed E-state index contributed by atoms with van der Waals surface area (Å²) in [5.74, 6) is -0.0820. The molecule has 1 aromatic rings. The van der Waals surface area contributed by atoms with Crippen molar-refractivity contribution in [2.24, 2.45) is 45.8 Å². The van der Waals surface area contributed by atoms with Gasteiger partial charge in [-0.1, -0.05) is 58.0 Å². The van der Waals surface area contributed by atoms with E-state index in [0.29, 0.717) is 31.7 Å². The summed E-state index contributed by atoms with van der Waals surface area (Å²) in [7, 11) is 0. The van der Waals surface area contributed by atoms with Crippen LogP contribution in [0.4, 0.5) is 4.79 Å². The van der Waals surface area contributed by atoms with Crippen LogP contribution in [0.3, 0.4) is 0 Å². The highest BCUT2D eigenvalue weighted by molar-refractivity contribution is 5.93. The van der Waals surface area contributed by atoms with Gasteiger partial charge in [0.1, 0.15) is 11.9 Å². The van der Waals surface area contributed by atoms with Crippen molar-refractivity contribution in [2.45, 2.75) is 84.8 Å². The Morgan fingerprint density at radius 3 is 2.52 bits per heavy atom. The molecule has 4 bridgehead atoms. The summed E-state index contributed by atoms with van der Waals surface area (Å²) < 4.78 is 6.32. The molecule has 7 nitrogen and oxygen atoms in total. The highest BCUT2D eigenvalue weighted by atomic mass is 16.6. The molecule has 0 aromatic heterocycles. The number of imide groups is 1. The first-order valence-electron chi connectivity index (χ1n) is 15.5. The number of carbonyl (C=O) groups is 3. The number of hydrogen-bond acceptors (Lipinski definition) is 6. The minimum absolute atomic E-state index is 0.0615. The molecular weight excluding hydrogens is 504 g/mol. The largest absolute Gasteiger partial charge is 0.445 e. The van der Waals surface area contributed by atoms with Gasteiger partial charge in [-0.3, -0.25) is 14.9 Å². The smallest absolute Gasteiger partial charge is 0.414 e. The van der Waals surface area contributed by atoms with Crippen LogP contribution in [0.25, 0.3) is 0 Å². The normalized spacial score (nSPS) is 45.9. The van der Waals surface area contributed by atoms with Crippen molar-refractivity contribution in [2.75, 3.05) is 19.6 Å². The maximum absolute atomic E-state index is 13.7. The lowest BCUT2D eigenvalue weighted by Gasteiger charge is -2.62. The van der Waals surface area contributed by atoms with Gasteiger partial charge in [0.2, 0.25) is 5.91 Å². The first kappa shape index (κ1) is 27.9. The molecule has 0 radical (unpaired) electrons. The standard InChI is InChI=1S/C33H46N2O5/c1-20-10-13-33-14-11-25(36)27(33)32(20,4)26(40-30(39)34-29(38)24-19-35-15-12-23(24)18-35)17-31(3,28(37)21(33)2)16-22-8-6-5-7-9-22/h5-9,20-21,23-24,26-28,37H,10-19H2,1-4H3,(H,34,38,39)/t20-,21+,23-,24+,26-,27?,28?,31-,32+,33?/m1/s1. The van der Waals surface area contributed by atoms with Crippen LogP contribution in [0.15, 0.2) is 30.3 Å². The Balaban J connectivity index is 1.35. The molecule has 4 unspecified atom stereocenters. The van der Waals surface area contributed by atoms with Crippen LogP contribution in [0.2, 0.25) is 0 Å². The third kappa shape index (κ3) is 4.25. The summed E-state index contributed by atoms with van der Waals surface area (Å²) in [4.78, 5) is 42.6. The summed E-state index contributed by atoms with van der Waals surface area (Å²) >= 11 is 0. The third-order valence-electron chi connectivity index (χ3n) is 12.5. The van der Waals surface area contributed by atoms with Crippen LogP contribution >= 0.6 is 0 Å². The summed E-state index contributed by atoms with van der Waals surface area (Å²) in [6, 6.07) is 10.2. The van der Waals surface area contributed by atoms with Crippen molar-refractivity contribution >= 4 is 17.8 Å². The molecule has 3 aliphatic carbocycles. The highest BCUT2D eigenvalue weighted by Crippen LogP contribution is 2.68. The second kappa shape index (κ2) is 9.94. The quantitative estimate of drug-likeness (QED) is 0.569. The molecular formula is C33H46N2O5. The van der Waals surface area contributed by atoms with Crippen LogP contribution in [0.5, 0.6) is 0 Å². The molecule has 2 aliphatic heterocycles. The van der Waals surface area contributed by atoms with E-state index in [2.05, 4.69) is 50.0 Å². The molecule has 40 heavy (non-hydrogen) atoms. The zero-order valence-corrected chi connectivity index (χ0v) is 24.5. The number of Topliss-reactive ketones (excluding diaryl/α,β-unsaturated/α-hetero) is 1. The molecule has 2 heterocycles. The number of ketones is 1. The molecule has 11 atom stereocenters. The van der Waals surface area contributed by atoms with E-state index in [1.54, 1.807) is 0 Å². The van der Waals surface area contributed by atoms with Gasteiger partial charge in [0.05, 0.1) is 12.0 Å². The average molecular weight is 551 g/mol. The first-order chi connectivity index (χ1) is 19.0. The molecule has 0 spiro atoms. The Kier molecular flexibility index (Phi) is 6.93. The van der Waals surface area contributed by atoms with Gasteiger partial charge in [0, 0.05) is 36.3 Å². The summed E-state index contributed by atoms with van der Waals surface area (Å²) in [5.41, 5.74) is -0.366. The van der Waals surface area contributed by atoms with Crippen LogP contribution < -0.4 is 5.32 Å². The van der Waals surface area contributed by atoms with Crippen molar-refractivity contribution in [3.63, 3.8) is 0 Å². The SMILES string of the molecule is C[C@@H]1CCC23CCC(=O)C2[C@]1(C)[C@H](OC(=O)NC(=O)[C@H]1CN2CC[C@@H]1C2)C[C@@](C)(Cc1ccccc1)C(O)[C@@H]3C. The summed E-state index contributed by atoms with van der Waals surface area (Å²) in [6.07, 6.45) is 3.17. The minimum atomic E-state index is -0.715. The Morgan fingerprint density at radius 2 is 1.85 bits per heavy atom. The number of benzene rings is 1. The Labute approximate surface area is 238 Å². The average Bonchev–Trinajstić information content (AvgIpc) is 3.65. The maximum atomic E-state index is 13.7. The van der Waals surface area contributed by atoms with E-state index in [4.69, 9.17) is 4.74 Å². The van der Waals surface area contributed by atoms with Crippen LogP contribution in [0.1, 0.15) is 71.8 Å². The molecule has 218 valence electrons. The van der Waals surface area contributed by atoms with Crippen molar-refractivity contribution in [3.05, 3.63) is 35.9 Å². The van der Waals surface area contributed by atoms with E-state index in [9.17, 15) is 19.5 Å². The number of aliphatic hydroxyl groups excluding tert-OH is 1. The van der Waals surface area contributed by atoms with Gasteiger partial charge < -0.3 is 14.7 Å². The van der Waals surface area contributed by atoms with Gasteiger partial charge in [-0.2, -0.15) is 0 Å². The first-order valence-corrected chi connectivity index (χ1v) is 15.5. The molecule has 7 heteroatoms. The molecule has 6 rings (SSSR count). The number of piperidine rings is 1. The van der Waals surface area contributed by atoms with E-state index in [0.717, 1.165) is 44.3 Å². The molecule has 5 fully saturated rings. The fourth-order valence-corrected chi connectivity index (χ4v) is 10.0. The monoisotopic (exact) mass is 550 g/mol. The van der Waals surface area contributed by atoms with Gasteiger partial charge >= 0.3 is 6.09 Å². The summed E-state index contributed by atoms with van der Waals surface area (Å²) in [5, 5.41) is 14.7. The Bertz CT molecular complexity index is 1170. The van der Waals surface area contributed by atoms with E-state index in [-0.39, 0.29) is 40.8 Å². The van der Waals surface area contributed by atoms with Crippen molar-refractivity contribution in [1.82, 2.24) is 10.2 Å². The van der Waals surface area contributed by atoms with Gasteiger partial charge in [0.25, 0.3) is 0 Å². The van der Waals surface area contributed by atoms with E-state index in [1.807, 2.05) is 18.2 Å². The molecule has 3 saturated carbocycles. The van der Waals surface area contributed by atoms with E-state index in [1.165, 1.54) is 0 Å². The van der Waals surface area contributed by atoms with Gasteiger partial charge in [-0.25, -0.2) is 4.79 Å². The van der Waals surface area contributed by atoms with Crippen LogP contribution in [-0.2, 0) is 20.7 Å². The predicted molar refractivity (Wildman–Crippen MR) is 151 cm³/mol. The summed E-state index contributed by atoms with van der Waals surface area (Å²) in [6.45, 7) is 11.2. The predicted octanol–water partition coefficient (Wildman–Crippen LogP) is 4.61. The number of nitrogens with zero attached hydrogens (tertiary/aromatic N) is 1. The highest BCUT2D eigenvalue weighted by Gasteiger charge is 2.68. The molecule has 2 saturated heterocycles. The second-order valence-electron chi connectivity index (χ2n) is 14.5. The van der Waals surface area contributed by atoms with Crippen molar-refractivity contribution in [3.8, 4) is 0 Å². The number of carbonyl (C=O) groups excluding carboxylic acids is 3. The molecule has 5 aliphatic rings. The number of alkyl carbamates (subject to hydrolysis) is 1. The van der Waals surface area contributed by atoms with Crippen LogP contribution in [-0.4, -0.2) is 59.6 Å². The lowest BCUT2D eigenvalue weighted by molar-refractivity contribution is -0.198. The third-order valence-corrected chi connectivity index (χ3v) is 12.5. The Hall–Kier alpha value is -2.25. The molecule has 2 amide bonds. The number of fused-ring (bicyclic) bond motifs is 2. The maximum Gasteiger partial charge on any atom is 0.414 e. The van der Waals surface area contributed by atoms with Crippen molar-refractivity contribution < 1.29 is 24.2 Å². The second-order valence-corrected chi connectivity index (χ2v) is 14.5. The number of ether oxygens (including phenoxy) is 1. The Morgan fingerprint density at radius 1 is 1.10 bits per heavy atom. The van der Waals surface area contributed by atoms with Gasteiger partial charge in [0.15, 0.2) is 0 Å². The zero-order valence-electron chi connectivity index (χ0n) is 24.5. The zero-order chi connectivity index (χ0) is 28.4. The van der Waals surface area contributed by atoms with Crippen molar-refractivity contribution in [1.29, 1.82) is 0 Å². The van der Waals surface area contributed by atoms with E-state index < -0.39 is 29.1 Å². The number of amides is 2. The lowest BCUT2D eigenvalue weighted by atomic mass is 9.43. The fourth-order valence-electron chi connectivity index (χ4n) is 10.0. The minimum Gasteiger partial charge on any atom is -0.445 e. The van der Waals surface area contributed by atoms with E-state index >= 15 is 0 Å². The van der Waals surface area contributed by atoms with Gasteiger partial charge in [-0.05, 0) is 73.8 Å². The number of hydrogen-bond donors (Lipinski definition) is 2. The molecule has 2 N–H and O–H groups in total. The van der Waals surface area contributed by atoms with Crippen LogP contribution in [0, 0.1) is 45.8 Å². The number of rotatable bonds is 4. The topological polar surface area (TPSA) is 95.9 Å². The number of aliphatic hydroxyl groups is 1. The lowest BCUT2D eigenvalue weighted by Crippen LogP contribution is -2.64. The van der Waals surface area contributed by atoms with Gasteiger partial charge in [-0.15, -0.1) is 0 Å². The molecule has 1 aromatic carbocycles. The number of nitrogens with one attached hydrogen (secondary N) is 1.